The molecule has 0 saturated carbocycles. The van der Waals surface area contributed by atoms with Crippen molar-refractivity contribution in [1.82, 2.24) is 4.57 Å². The van der Waals surface area contributed by atoms with Crippen molar-refractivity contribution in [3.8, 4) is 5.75 Å². The van der Waals surface area contributed by atoms with Gasteiger partial charge in [-0.1, -0.05) is 48.5 Å². The summed E-state index contributed by atoms with van der Waals surface area (Å²) < 4.78 is 1.67. The van der Waals surface area contributed by atoms with Gasteiger partial charge in [0.25, 0.3) is 5.91 Å². The van der Waals surface area contributed by atoms with Crippen molar-refractivity contribution in [1.29, 1.82) is 0 Å². The molecule has 0 unspecified atom stereocenters. The Bertz CT molecular complexity index is 961. The second-order valence-corrected chi connectivity index (χ2v) is 5.19. The number of para-hydroxylation sites is 3. The maximum Gasteiger partial charge on any atom is 0.266 e. The van der Waals surface area contributed by atoms with Gasteiger partial charge in [0.15, 0.2) is 0 Å². The maximum absolute atomic E-state index is 13.0. The van der Waals surface area contributed by atoms with Crippen LogP contribution < -0.4 is 0 Å². The summed E-state index contributed by atoms with van der Waals surface area (Å²) in [6.45, 7) is 0. The number of aromatic nitrogens is 1. The Morgan fingerprint density at radius 1 is 0.727 bits per heavy atom. The number of phenols is 1. The van der Waals surface area contributed by atoms with E-state index in [1.54, 1.807) is 22.8 Å². The fraction of sp³-hybridized carbons (Fsp3) is 0. The van der Waals surface area contributed by atoms with Crippen molar-refractivity contribution in [2.75, 3.05) is 0 Å². The lowest BCUT2D eigenvalue weighted by Crippen LogP contribution is -2.11. The Hall–Kier alpha value is -3.07. The van der Waals surface area contributed by atoms with Gasteiger partial charge in [0.05, 0.1) is 16.6 Å². The highest BCUT2D eigenvalue weighted by Gasteiger charge is 2.18. The van der Waals surface area contributed by atoms with Crippen LogP contribution in [0.1, 0.15) is 10.4 Å². The molecular formula is C19H13NO2. The Morgan fingerprint density at radius 2 is 1.23 bits per heavy atom. The van der Waals surface area contributed by atoms with Gasteiger partial charge in [-0.2, -0.15) is 0 Å². The van der Waals surface area contributed by atoms with Gasteiger partial charge in [0.1, 0.15) is 5.75 Å². The number of rotatable bonds is 1. The molecule has 4 aromatic rings. The molecule has 0 radical (unpaired) electrons. The maximum atomic E-state index is 13.0. The zero-order valence-corrected chi connectivity index (χ0v) is 11.7. The molecule has 0 aliphatic rings. The number of carbonyl (C=O) groups excluding carboxylic acids is 1. The second-order valence-electron chi connectivity index (χ2n) is 5.19. The minimum absolute atomic E-state index is 0.00522. The third-order valence-corrected chi connectivity index (χ3v) is 3.92. The monoisotopic (exact) mass is 287 g/mol. The number of hydrogen-bond donors (Lipinski definition) is 1. The van der Waals surface area contributed by atoms with E-state index in [1.165, 1.54) is 6.07 Å². The van der Waals surface area contributed by atoms with Crippen molar-refractivity contribution in [3.05, 3.63) is 78.4 Å². The molecule has 22 heavy (non-hydrogen) atoms. The summed E-state index contributed by atoms with van der Waals surface area (Å²) in [4.78, 5) is 13.0. The molecule has 4 rings (SSSR count). The summed E-state index contributed by atoms with van der Waals surface area (Å²) in [5.41, 5.74) is 1.99. The van der Waals surface area contributed by atoms with Crippen LogP contribution in [0.4, 0.5) is 0 Å². The Labute approximate surface area is 127 Å². The topological polar surface area (TPSA) is 42.2 Å². The molecule has 3 heteroatoms. The highest BCUT2D eigenvalue weighted by atomic mass is 16.3. The molecule has 3 aromatic carbocycles. The van der Waals surface area contributed by atoms with Crippen molar-refractivity contribution in [2.45, 2.75) is 0 Å². The first-order valence-electron chi connectivity index (χ1n) is 7.08. The number of benzene rings is 3. The molecule has 0 spiro atoms. The van der Waals surface area contributed by atoms with E-state index in [0.29, 0.717) is 5.56 Å². The van der Waals surface area contributed by atoms with Crippen molar-refractivity contribution in [3.63, 3.8) is 0 Å². The highest BCUT2D eigenvalue weighted by Crippen LogP contribution is 2.30. The summed E-state index contributed by atoms with van der Waals surface area (Å²) in [6.07, 6.45) is 0. The van der Waals surface area contributed by atoms with E-state index >= 15 is 0 Å². The molecule has 1 N–H and O–H groups in total. The Kier molecular flexibility index (Phi) is 2.73. The van der Waals surface area contributed by atoms with Gasteiger partial charge in [-0.3, -0.25) is 9.36 Å². The lowest BCUT2D eigenvalue weighted by molar-refractivity contribution is 0.0967. The quantitative estimate of drug-likeness (QED) is 0.570. The number of phenolic OH excluding ortho intramolecular Hbond substituents is 1. The molecule has 3 nitrogen and oxygen atoms in total. The average molecular weight is 287 g/mol. The fourth-order valence-corrected chi connectivity index (χ4v) is 2.92. The van der Waals surface area contributed by atoms with Crippen molar-refractivity contribution in [2.24, 2.45) is 0 Å². The van der Waals surface area contributed by atoms with Crippen LogP contribution in [-0.2, 0) is 0 Å². The molecule has 1 aromatic heterocycles. The van der Waals surface area contributed by atoms with Crippen LogP contribution in [-0.4, -0.2) is 15.6 Å². The first-order valence-corrected chi connectivity index (χ1v) is 7.08. The molecule has 106 valence electrons. The van der Waals surface area contributed by atoms with Crippen LogP contribution >= 0.6 is 0 Å². The summed E-state index contributed by atoms with van der Waals surface area (Å²) in [7, 11) is 0. The molecule has 0 saturated heterocycles. The van der Waals surface area contributed by atoms with Gasteiger partial charge in [0, 0.05) is 10.8 Å². The molecule has 0 amide bonds. The zero-order valence-electron chi connectivity index (χ0n) is 11.7. The summed E-state index contributed by atoms with van der Waals surface area (Å²) in [5.74, 6) is -0.232. The van der Waals surface area contributed by atoms with E-state index in [0.717, 1.165) is 21.8 Å². The number of hydrogen-bond acceptors (Lipinski definition) is 2. The van der Waals surface area contributed by atoms with E-state index in [4.69, 9.17) is 0 Å². The molecule has 0 aliphatic carbocycles. The minimum atomic E-state index is -0.226. The SMILES string of the molecule is O=C(c1ccccc1O)n1c2ccccc2c2ccccc21. The van der Waals surface area contributed by atoms with Crippen LogP contribution in [0.5, 0.6) is 5.75 Å². The van der Waals surface area contributed by atoms with Gasteiger partial charge in [-0.05, 0) is 24.3 Å². The van der Waals surface area contributed by atoms with E-state index < -0.39 is 0 Å². The summed E-state index contributed by atoms with van der Waals surface area (Å²) in [6, 6.07) is 22.2. The minimum Gasteiger partial charge on any atom is -0.507 e. The molecule has 0 atom stereocenters. The summed E-state index contributed by atoms with van der Waals surface area (Å²) >= 11 is 0. The second kappa shape index (κ2) is 4.74. The number of carbonyl (C=O) groups is 1. The van der Waals surface area contributed by atoms with Gasteiger partial charge in [-0.15, -0.1) is 0 Å². The number of aromatic hydroxyl groups is 1. The standard InChI is InChI=1S/C19H13NO2/c21-18-12-6-3-9-15(18)19(22)20-16-10-4-1-7-13(16)14-8-2-5-11-17(14)20/h1-12,21H. The third-order valence-electron chi connectivity index (χ3n) is 3.92. The average Bonchev–Trinajstić information content (AvgIpc) is 2.89. The van der Waals surface area contributed by atoms with E-state index in [9.17, 15) is 9.90 Å². The molecular weight excluding hydrogens is 274 g/mol. The van der Waals surface area contributed by atoms with Crippen LogP contribution in [0, 0.1) is 0 Å². The fourth-order valence-electron chi connectivity index (χ4n) is 2.92. The smallest absolute Gasteiger partial charge is 0.266 e. The largest absolute Gasteiger partial charge is 0.507 e. The predicted molar refractivity (Wildman–Crippen MR) is 87.3 cm³/mol. The molecule has 1 heterocycles. The van der Waals surface area contributed by atoms with Crippen molar-refractivity contribution >= 4 is 27.7 Å². The van der Waals surface area contributed by atoms with Gasteiger partial charge in [-0.25, -0.2) is 0 Å². The third kappa shape index (κ3) is 1.72. The number of fused-ring (bicyclic) bond motifs is 3. The van der Waals surface area contributed by atoms with Crippen LogP contribution in [0.3, 0.4) is 0 Å². The zero-order chi connectivity index (χ0) is 15.1. The van der Waals surface area contributed by atoms with Crippen LogP contribution in [0.25, 0.3) is 21.8 Å². The van der Waals surface area contributed by atoms with E-state index in [1.807, 2.05) is 48.5 Å². The first-order chi connectivity index (χ1) is 10.8. The molecule has 0 fully saturated rings. The summed E-state index contributed by atoms with van der Waals surface area (Å²) in [5, 5.41) is 12.0. The predicted octanol–water partition coefficient (Wildman–Crippen LogP) is 4.19. The lowest BCUT2D eigenvalue weighted by Gasteiger charge is -2.07. The van der Waals surface area contributed by atoms with Gasteiger partial charge in [0.2, 0.25) is 0 Å². The molecule has 0 aliphatic heterocycles. The Morgan fingerprint density at radius 3 is 1.82 bits per heavy atom. The van der Waals surface area contributed by atoms with Crippen LogP contribution in [0.15, 0.2) is 72.8 Å². The van der Waals surface area contributed by atoms with Gasteiger partial charge < -0.3 is 5.11 Å². The first kappa shape index (κ1) is 12.7. The van der Waals surface area contributed by atoms with E-state index in [-0.39, 0.29) is 11.7 Å². The molecule has 0 bridgehead atoms. The highest BCUT2D eigenvalue weighted by molar-refractivity contribution is 6.16. The Balaban J connectivity index is 2.09. The normalized spacial score (nSPS) is 11.1. The van der Waals surface area contributed by atoms with Crippen LogP contribution in [0.2, 0.25) is 0 Å². The lowest BCUT2D eigenvalue weighted by atomic mass is 10.2. The number of nitrogens with zero attached hydrogens (tertiary/aromatic N) is 1. The van der Waals surface area contributed by atoms with Gasteiger partial charge >= 0.3 is 0 Å². The van der Waals surface area contributed by atoms with Crippen molar-refractivity contribution < 1.29 is 9.90 Å². The van der Waals surface area contributed by atoms with E-state index in [2.05, 4.69) is 0 Å².